The minimum absolute atomic E-state index is 0.235. The Morgan fingerprint density at radius 1 is 0.949 bits per heavy atom. The maximum Gasteiger partial charge on any atom is 0.416 e. The van der Waals surface area contributed by atoms with Gasteiger partial charge in [0.25, 0.3) is 11.5 Å². The van der Waals surface area contributed by atoms with Crippen LogP contribution in [0.15, 0.2) is 64.2 Å². The van der Waals surface area contributed by atoms with Gasteiger partial charge < -0.3 is 19.5 Å². The number of benzene rings is 2. The van der Waals surface area contributed by atoms with Crippen molar-refractivity contribution in [2.45, 2.75) is 6.18 Å². The van der Waals surface area contributed by atoms with Crippen molar-refractivity contribution in [1.82, 2.24) is 19.0 Å². The van der Waals surface area contributed by atoms with Crippen LogP contribution < -0.4 is 20.9 Å². The van der Waals surface area contributed by atoms with Crippen LogP contribution in [0, 0.1) is 0 Å². The topological polar surface area (TPSA) is 92.6 Å². The monoisotopic (exact) mass is 541 g/mol. The van der Waals surface area contributed by atoms with Gasteiger partial charge in [0.1, 0.15) is 11.3 Å². The lowest BCUT2D eigenvalue weighted by molar-refractivity contribution is -0.137. The number of alkyl halides is 3. The number of nitrogens with zero attached hydrogens (tertiary/aromatic N) is 4. The van der Waals surface area contributed by atoms with Crippen LogP contribution in [0.25, 0.3) is 22.3 Å². The third-order valence-corrected chi connectivity index (χ3v) is 6.95. The van der Waals surface area contributed by atoms with E-state index in [0.29, 0.717) is 54.4 Å². The number of hydrogen-bond donors (Lipinski definition) is 1. The van der Waals surface area contributed by atoms with E-state index in [1.165, 1.54) is 17.7 Å². The second-order valence-corrected chi connectivity index (χ2v) is 9.35. The fourth-order valence-electron chi connectivity index (χ4n) is 4.74. The molecule has 1 N–H and O–H groups in total. The molecule has 0 spiro atoms. The highest BCUT2D eigenvalue weighted by molar-refractivity contribution is 5.84. The number of hydrogen-bond acceptors (Lipinski definition) is 5. The van der Waals surface area contributed by atoms with Crippen LogP contribution in [-0.4, -0.2) is 57.7 Å². The van der Waals surface area contributed by atoms with Gasteiger partial charge in [0.05, 0.1) is 16.8 Å². The number of amides is 1. The van der Waals surface area contributed by atoms with Gasteiger partial charge in [-0.15, -0.1) is 0 Å². The van der Waals surface area contributed by atoms with Gasteiger partial charge in [-0.05, 0) is 36.4 Å². The maximum atomic E-state index is 13.1. The quantitative estimate of drug-likeness (QED) is 0.420. The minimum Gasteiger partial charge on any atom is -0.483 e. The van der Waals surface area contributed by atoms with Gasteiger partial charge in [0.15, 0.2) is 6.61 Å². The third-order valence-electron chi connectivity index (χ3n) is 6.95. The van der Waals surface area contributed by atoms with Crippen molar-refractivity contribution >= 4 is 22.6 Å². The largest absolute Gasteiger partial charge is 0.483 e. The fraction of sp³-hybridized carbons (Fsp3) is 0.296. The minimum atomic E-state index is -4.42. The predicted octanol–water partition coefficient (Wildman–Crippen LogP) is 2.98. The number of ether oxygens (including phenoxy) is 1. The molecule has 9 nitrogen and oxygen atoms in total. The zero-order valence-electron chi connectivity index (χ0n) is 21.3. The number of halogens is 3. The highest BCUT2D eigenvalue weighted by Crippen LogP contribution is 2.32. The first-order valence-electron chi connectivity index (χ1n) is 12.3. The normalized spacial score (nSPS) is 14.2. The van der Waals surface area contributed by atoms with Crippen molar-refractivity contribution in [3.63, 3.8) is 0 Å². The number of para-hydroxylation sites is 1. The van der Waals surface area contributed by atoms with E-state index in [0.717, 1.165) is 16.7 Å². The van der Waals surface area contributed by atoms with Gasteiger partial charge >= 0.3 is 11.9 Å². The van der Waals surface area contributed by atoms with E-state index in [2.05, 4.69) is 4.98 Å². The zero-order valence-corrected chi connectivity index (χ0v) is 21.3. The summed E-state index contributed by atoms with van der Waals surface area (Å²) in [5.41, 5.74) is 0.766. The maximum absolute atomic E-state index is 13.1. The number of carbonyl (C=O) groups is 1. The molecule has 0 radical (unpaired) electrons. The van der Waals surface area contributed by atoms with Crippen molar-refractivity contribution in [2.75, 3.05) is 37.7 Å². The van der Waals surface area contributed by atoms with Crippen molar-refractivity contribution in [2.24, 2.45) is 14.1 Å². The van der Waals surface area contributed by atoms with Gasteiger partial charge in [0, 0.05) is 51.5 Å². The molecule has 204 valence electrons. The van der Waals surface area contributed by atoms with E-state index >= 15 is 0 Å². The molecule has 2 aromatic heterocycles. The van der Waals surface area contributed by atoms with Crippen LogP contribution in [0.5, 0.6) is 5.75 Å². The summed E-state index contributed by atoms with van der Waals surface area (Å²) in [6.45, 7) is 1.25. The second-order valence-electron chi connectivity index (χ2n) is 9.35. The summed E-state index contributed by atoms with van der Waals surface area (Å²) in [4.78, 5) is 44.3. The number of fused-ring (bicyclic) bond motifs is 1. The standard InChI is InChI=1S/C27H26F3N5O4/c1-32-21-15-20(31-24(21)25(37)33(2)26(32)38)19-8-3-4-9-22(19)39-16-23(36)35-12-10-34(11-13-35)18-7-5-6-17(14-18)27(28,29)30/h3-9,14-15,31H,10-13,16H2,1-2H3. The van der Waals surface area contributed by atoms with Crippen molar-refractivity contribution in [1.29, 1.82) is 0 Å². The smallest absolute Gasteiger partial charge is 0.416 e. The van der Waals surface area contributed by atoms with Gasteiger partial charge in [-0.1, -0.05) is 18.2 Å². The first kappa shape index (κ1) is 26.1. The molecule has 0 atom stereocenters. The fourth-order valence-corrected chi connectivity index (χ4v) is 4.74. The molecule has 0 saturated carbocycles. The summed E-state index contributed by atoms with van der Waals surface area (Å²) in [6.07, 6.45) is -4.42. The summed E-state index contributed by atoms with van der Waals surface area (Å²) < 4.78 is 47.5. The molecular formula is C27H26F3N5O4. The summed E-state index contributed by atoms with van der Waals surface area (Å²) in [5, 5.41) is 0. The Bertz CT molecular complexity index is 1660. The highest BCUT2D eigenvalue weighted by Gasteiger charge is 2.31. The summed E-state index contributed by atoms with van der Waals surface area (Å²) in [5.74, 6) is 0.170. The van der Waals surface area contributed by atoms with E-state index in [4.69, 9.17) is 4.74 Å². The van der Waals surface area contributed by atoms with Crippen LogP contribution in [0.2, 0.25) is 0 Å². The molecule has 1 fully saturated rings. The lowest BCUT2D eigenvalue weighted by atomic mass is 10.1. The zero-order chi connectivity index (χ0) is 27.9. The van der Waals surface area contributed by atoms with E-state index in [9.17, 15) is 27.6 Å². The Hall–Kier alpha value is -4.48. The lowest BCUT2D eigenvalue weighted by Gasteiger charge is -2.36. The van der Waals surface area contributed by atoms with E-state index in [1.54, 1.807) is 48.3 Å². The Balaban J connectivity index is 1.27. The molecule has 2 aromatic carbocycles. The van der Waals surface area contributed by atoms with Crippen LogP contribution in [-0.2, 0) is 25.1 Å². The average molecular weight is 542 g/mol. The molecule has 3 heterocycles. The number of piperazine rings is 1. The molecule has 0 bridgehead atoms. The molecule has 0 unspecified atom stereocenters. The molecule has 39 heavy (non-hydrogen) atoms. The summed E-state index contributed by atoms with van der Waals surface area (Å²) >= 11 is 0. The third kappa shape index (κ3) is 5.01. The van der Waals surface area contributed by atoms with Gasteiger partial charge in [-0.2, -0.15) is 13.2 Å². The van der Waals surface area contributed by atoms with Crippen LogP contribution in [0.4, 0.5) is 18.9 Å². The molecule has 1 aliphatic rings. The van der Waals surface area contributed by atoms with Gasteiger partial charge in [-0.25, -0.2) is 4.79 Å². The van der Waals surface area contributed by atoms with Crippen LogP contribution in [0.3, 0.4) is 0 Å². The Morgan fingerprint density at radius 3 is 2.38 bits per heavy atom. The molecular weight excluding hydrogens is 515 g/mol. The number of aryl methyl sites for hydroxylation is 1. The summed E-state index contributed by atoms with van der Waals surface area (Å²) in [6, 6.07) is 13.9. The van der Waals surface area contributed by atoms with Gasteiger partial charge in [0.2, 0.25) is 0 Å². The molecule has 12 heteroatoms. The number of anilines is 1. The van der Waals surface area contributed by atoms with Crippen molar-refractivity contribution in [3.05, 3.63) is 81.0 Å². The van der Waals surface area contributed by atoms with Crippen LogP contribution in [0.1, 0.15) is 5.56 Å². The number of aromatic nitrogens is 3. The Labute approximate surface area is 220 Å². The first-order chi connectivity index (χ1) is 18.5. The highest BCUT2D eigenvalue weighted by atomic mass is 19.4. The number of carbonyl (C=O) groups excluding carboxylic acids is 1. The second kappa shape index (κ2) is 10.0. The first-order valence-corrected chi connectivity index (χ1v) is 12.3. The van der Waals surface area contributed by atoms with Crippen molar-refractivity contribution in [3.8, 4) is 17.0 Å². The number of nitrogens with one attached hydrogen (secondary N) is 1. The van der Waals surface area contributed by atoms with Crippen LogP contribution >= 0.6 is 0 Å². The number of H-pyrrole nitrogens is 1. The van der Waals surface area contributed by atoms with E-state index < -0.39 is 23.0 Å². The molecule has 1 amide bonds. The lowest BCUT2D eigenvalue weighted by Crippen LogP contribution is -2.50. The van der Waals surface area contributed by atoms with Gasteiger partial charge in [-0.3, -0.25) is 18.7 Å². The average Bonchev–Trinajstić information content (AvgIpc) is 3.39. The Morgan fingerprint density at radius 2 is 1.67 bits per heavy atom. The molecule has 5 rings (SSSR count). The van der Waals surface area contributed by atoms with E-state index in [1.807, 2.05) is 4.90 Å². The predicted molar refractivity (Wildman–Crippen MR) is 140 cm³/mol. The SMILES string of the molecule is Cn1c(=O)c2[nH]c(-c3ccccc3OCC(=O)N3CCN(c4cccc(C(F)(F)F)c4)CC3)cc2n(C)c1=O. The molecule has 4 aromatic rings. The molecule has 1 aliphatic heterocycles. The number of aromatic amines is 1. The molecule has 1 saturated heterocycles. The van der Waals surface area contributed by atoms with E-state index in [-0.39, 0.29) is 18.0 Å². The Kier molecular flexibility index (Phi) is 6.71. The number of rotatable bonds is 5. The van der Waals surface area contributed by atoms with Crippen molar-refractivity contribution < 1.29 is 22.7 Å². The summed E-state index contributed by atoms with van der Waals surface area (Å²) in [7, 11) is 2.99. The molecule has 0 aliphatic carbocycles.